The van der Waals surface area contributed by atoms with Crippen LogP contribution in [0.4, 0.5) is 0 Å². The third kappa shape index (κ3) is 4.09. The Labute approximate surface area is 110 Å². The third-order valence-electron chi connectivity index (χ3n) is 3.13. The van der Waals surface area contributed by atoms with Gasteiger partial charge in [0.2, 0.25) is 0 Å². The van der Waals surface area contributed by atoms with E-state index in [1.807, 2.05) is 18.2 Å². The second-order valence-corrected chi connectivity index (χ2v) is 4.50. The Balaban J connectivity index is 2.74. The Morgan fingerprint density at radius 1 is 1.17 bits per heavy atom. The molecule has 1 unspecified atom stereocenters. The molecule has 1 atom stereocenters. The van der Waals surface area contributed by atoms with Gasteiger partial charge in [-0.2, -0.15) is 0 Å². The quantitative estimate of drug-likeness (QED) is 0.662. The standard InChI is InChI=1S/C15H25NO2/c1-3-11-18-12-10-15(13-17,16-4-2)14-8-6-5-7-9-14/h5-9,16-17H,3-4,10-13H2,1-2H3. The van der Waals surface area contributed by atoms with E-state index in [-0.39, 0.29) is 12.1 Å². The Bertz CT molecular complexity index is 316. The Hall–Kier alpha value is -0.900. The van der Waals surface area contributed by atoms with Crippen molar-refractivity contribution in [3.8, 4) is 0 Å². The van der Waals surface area contributed by atoms with Gasteiger partial charge in [0, 0.05) is 13.2 Å². The second kappa shape index (κ2) is 8.25. The molecule has 3 heteroatoms. The molecule has 18 heavy (non-hydrogen) atoms. The number of likely N-dealkylation sites (N-methyl/N-ethyl adjacent to an activating group) is 1. The van der Waals surface area contributed by atoms with E-state index in [2.05, 4.69) is 31.3 Å². The summed E-state index contributed by atoms with van der Waals surface area (Å²) in [7, 11) is 0. The van der Waals surface area contributed by atoms with Crippen molar-refractivity contribution < 1.29 is 9.84 Å². The molecule has 0 saturated carbocycles. The monoisotopic (exact) mass is 251 g/mol. The van der Waals surface area contributed by atoms with Crippen molar-refractivity contribution in [2.24, 2.45) is 0 Å². The first-order valence-corrected chi connectivity index (χ1v) is 6.78. The largest absolute Gasteiger partial charge is 0.394 e. The van der Waals surface area contributed by atoms with Crippen molar-refractivity contribution in [3.63, 3.8) is 0 Å². The van der Waals surface area contributed by atoms with Crippen LogP contribution in [-0.4, -0.2) is 31.5 Å². The highest BCUT2D eigenvalue weighted by atomic mass is 16.5. The fourth-order valence-corrected chi connectivity index (χ4v) is 2.15. The van der Waals surface area contributed by atoms with Gasteiger partial charge in [-0.1, -0.05) is 44.2 Å². The van der Waals surface area contributed by atoms with E-state index >= 15 is 0 Å². The molecule has 1 aromatic carbocycles. The lowest BCUT2D eigenvalue weighted by molar-refractivity contribution is 0.0798. The molecule has 0 aliphatic heterocycles. The average Bonchev–Trinajstić information content (AvgIpc) is 2.43. The molecule has 0 spiro atoms. The minimum absolute atomic E-state index is 0.0837. The van der Waals surface area contributed by atoms with Gasteiger partial charge < -0.3 is 15.2 Å². The highest BCUT2D eigenvalue weighted by molar-refractivity contribution is 5.24. The van der Waals surface area contributed by atoms with Gasteiger partial charge in [-0.3, -0.25) is 0 Å². The van der Waals surface area contributed by atoms with Gasteiger partial charge in [-0.05, 0) is 24.9 Å². The summed E-state index contributed by atoms with van der Waals surface area (Å²) in [6.45, 7) is 6.50. The van der Waals surface area contributed by atoms with Crippen molar-refractivity contribution in [2.45, 2.75) is 32.2 Å². The summed E-state index contributed by atoms with van der Waals surface area (Å²) in [6, 6.07) is 10.1. The van der Waals surface area contributed by atoms with Gasteiger partial charge in [0.15, 0.2) is 0 Å². The van der Waals surface area contributed by atoms with E-state index in [4.69, 9.17) is 4.74 Å². The lowest BCUT2D eigenvalue weighted by Gasteiger charge is -2.33. The molecule has 0 saturated heterocycles. The Morgan fingerprint density at radius 3 is 2.44 bits per heavy atom. The predicted octanol–water partition coefficient (Wildman–Crippen LogP) is 2.30. The summed E-state index contributed by atoms with van der Waals surface area (Å²) < 4.78 is 5.56. The van der Waals surface area contributed by atoms with E-state index in [1.165, 1.54) is 0 Å². The molecule has 0 aromatic heterocycles. The molecule has 1 rings (SSSR count). The zero-order valence-electron chi connectivity index (χ0n) is 11.5. The maximum Gasteiger partial charge on any atom is 0.0691 e. The van der Waals surface area contributed by atoms with Crippen LogP contribution in [0.25, 0.3) is 0 Å². The summed E-state index contributed by atoms with van der Waals surface area (Å²) in [5, 5.41) is 13.2. The van der Waals surface area contributed by atoms with Crippen LogP contribution in [0.2, 0.25) is 0 Å². The fraction of sp³-hybridized carbons (Fsp3) is 0.600. The third-order valence-corrected chi connectivity index (χ3v) is 3.13. The summed E-state index contributed by atoms with van der Waals surface area (Å²) in [6.07, 6.45) is 1.81. The van der Waals surface area contributed by atoms with Crippen LogP contribution in [0.15, 0.2) is 30.3 Å². The van der Waals surface area contributed by atoms with Crippen LogP contribution in [0.3, 0.4) is 0 Å². The molecule has 0 fully saturated rings. The van der Waals surface area contributed by atoms with E-state index < -0.39 is 0 Å². The number of rotatable bonds is 9. The van der Waals surface area contributed by atoms with Gasteiger partial charge in [0.25, 0.3) is 0 Å². The van der Waals surface area contributed by atoms with Crippen molar-refractivity contribution >= 4 is 0 Å². The number of aliphatic hydroxyl groups excluding tert-OH is 1. The van der Waals surface area contributed by atoms with Crippen LogP contribution >= 0.6 is 0 Å². The van der Waals surface area contributed by atoms with Gasteiger partial charge in [0.1, 0.15) is 0 Å². The first-order chi connectivity index (χ1) is 8.79. The van der Waals surface area contributed by atoms with E-state index in [0.717, 1.165) is 31.6 Å². The van der Waals surface area contributed by atoms with Crippen molar-refractivity contribution in [3.05, 3.63) is 35.9 Å². The number of aliphatic hydroxyl groups is 1. The number of hydrogen-bond donors (Lipinski definition) is 2. The topological polar surface area (TPSA) is 41.5 Å². The van der Waals surface area contributed by atoms with Crippen LogP contribution in [0.1, 0.15) is 32.3 Å². The van der Waals surface area contributed by atoms with Crippen LogP contribution < -0.4 is 5.32 Å². The molecule has 0 bridgehead atoms. The summed E-state index contributed by atoms with van der Waals surface area (Å²) in [4.78, 5) is 0. The molecule has 0 aliphatic rings. The number of ether oxygens (including phenoxy) is 1. The Morgan fingerprint density at radius 2 is 1.89 bits per heavy atom. The van der Waals surface area contributed by atoms with Crippen molar-refractivity contribution in [1.29, 1.82) is 0 Å². The summed E-state index contributed by atoms with van der Waals surface area (Å²) in [5.74, 6) is 0. The van der Waals surface area contributed by atoms with Crippen molar-refractivity contribution in [1.82, 2.24) is 5.32 Å². The predicted molar refractivity (Wildman–Crippen MR) is 74.6 cm³/mol. The molecule has 0 radical (unpaired) electrons. The lowest BCUT2D eigenvalue weighted by atomic mass is 9.87. The summed E-state index contributed by atoms with van der Waals surface area (Å²) >= 11 is 0. The maximum absolute atomic E-state index is 9.80. The highest BCUT2D eigenvalue weighted by Gasteiger charge is 2.29. The lowest BCUT2D eigenvalue weighted by Crippen LogP contribution is -2.46. The van der Waals surface area contributed by atoms with E-state index in [0.29, 0.717) is 6.61 Å². The number of benzene rings is 1. The van der Waals surface area contributed by atoms with Crippen LogP contribution in [0.5, 0.6) is 0 Å². The average molecular weight is 251 g/mol. The van der Waals surface area contributed by atoms with Crippen LogP contribution in [-0.2, 0) is 10.3 Å². The number of nitrogens with one attached hydrogen (secondary N) is 1. The molecule has 102 valence electrons. The molecular formula is C15H25NO2. The smallest absolute Gasteiger partial charge is 0.0691 e. The normalized spacial score (nSPS) is 14.4. The molecule has 2 N–H and O–H groups in total. The zero-order valence-corrected chi connectivity index (χ0v) is 11.5. The van der Waals surface area contributed by atoms with Gasteiger partial charge in [-0.15, -0.1) is 0 Å². The van der Waals surface area contributed by atoms with Gasteiger partial charge >= 0.3 is 0 Å². The fourth-order valence-electron chi connectivity index (χ4n) is 2.15. The number of hydrogen-bond acceptors (Lipinski definition) is 3. The maximum atomic E-state index is 9.80. The molecule has 0 amide bonds. The first-order valence-electron chi connectivity index (χ1n) is 6.78. The molecule has 1 aromatic rings. The molecule has 3 nitrogen and oxygen atoms in total. The van der Waals surface area contributed by atoms with Crippen molar-refractivity contribution in [2.75, 3.05) is 26.4 Å². The zero-order chi connectivity index (χ0) is 13.3. The molecule has 0 heterocycles. The minimum Gasteiger partial charge on any atom is -0.394 e. The van der Waals surface area contributed by atoms with Gasteiger partial charge in [-0.25, -0.2) is 0 Å². The van der Waals surface area contributed by atoms with Gasteiger partial charge in [0.05, 0.1) is 12.1 Å². The van der Waals surface area contributed by atoms with E-state index in [9.17, 15) is 5.11 Å². The second-order valence-electron chi connectivity index (χ2n) is 4.50. The minimum atomic E-state index is -0.385. The molecular weight excluding hydrogens is 226 g/mol. The van der Waals surface area contributed by atoms with E-state index in [1.54, 1.807) is 0 Å². The summed E-state index contributed by atoms with van der Waals surface area (Å²) in [5.41, 5.74) is 0.735. The first kappa shape index (κ1) is 15.2. The molecule has 0 aliphatic carbocycles. The Kier molecular flexibility index (Phi) is 6.94. The highest BCUT2D eigenvalue weighted by Crippen LogP contribution is 2.24. The van der Waals surface area contributed by atoms with Crippen LogP contribution in [0, 0.1) is 0 Å². The SMILES string of the molecule is CCCOCCC(CO)(NCC)c1ccccc1.